The molecular formula is C19H21FN2O4. The number of carboxylic acids is 1. The fourth-order valence-corrected chi connectivity index (χ4v) is 3.39. The van der Waals surface area contributed by atoms with Gasteiger partial charge in [-0.15, -0.1) is 0 Å². The molecule has 1 aromatic heterocycles. The number of carbonyl (C=O) groups excluding carboxylic acids is 1. The van der Waals surface area contributed by atoms with Crippen molar-refractivity contribution >= 4 is 11.9 Å². The van der Waals surface area contributed by atoms with Crippen LogP contribution >= 0.6 is 0 Å². The van der Waals surface area contributed by atoms with E-state index in [0.29, 0.717) is 12.1 Å². The normalized spacial score (nSPS) is 20.2. The van der Waals surface area contributed by atoms with E-state index in [0.717, 1.165) is 17.1 Å². The molecule has 2 heterocycles. The first-order chi connectivity index (χ1) is 12.3. The van der Waals surface area contributed by atoms with Gasteiger partial charge in [0, 0.05) is 23.6 Å². The van der Waals surface area contributed by atoms with Crippen molar-refractivity contribution in [3.8, 4) is 5.69 Å². The van der Waals surface area contributed by atoms with Crippen molar-refractivity contribution in [3.63, 3.8) is 0 Å². The maximum absolute atomic E-state index is 13.2. The fraction of sp³-hybridized carbons (Fsp3) is 0.368. The maximum Gasteiger partial charge on any atom is 0.334 e. The number of nitrogens with zero attached hydrogens (tertiary/aromatic N) is 2. The molecule has 1 aromatic carbocycles. The highest BCUT2D eigenvalue weighted by atomic mass is 19.1. The van der Waals surface area contributed by atoms with E-state index >= 15 is 0 Å². The molecule has 0 aliphatic carbocycles. The van der Waals surface area contributed by atoms with E-state index in [-0.39, 0.29) is 24.4 Å². The summed E-state index contributed by atoms with van der Waals surface area (Å²) in [5.41, 5.74) is 2.84. The van der Waals surface area contributed by atoms with Gasteiger partial charge in [0.1, 0.15) is 5.82 Å². The molecule has 1 aliphatic rings. The summed E-state index contributed by atoms with van der Waals surface area (Å²) in [4.78, 5) is 25.8. The molecule has 138 valence electrons. The molecule has 1 unspecified atom stereocenters. The molecule has 0 bridgehead atoms. The Bertz CT molecular complexity index is 844. The second-order valence-corrected chi connectivity index (χ2v) is 6.58. The van der Waals surface area contributed by atoms with Crippen LogP contribution < -0.4 is 0 Å². The molecule has 0 spiro atoms. The number of rotatable bonds is 3. The number of morpholine rings is 1. The van der Waals surface area contributed by atoms with Crippen LogP contribution in [0.25, 0.3) is 5.69 Å². The maximum atomic E-state index is 13.2. The number of halogens is 1. The molecular weight excluding hydrogens is 339 g/mol. The molecule has 1 N–H and O–H groups in total. The van der Waals surface area contributed by atoms with Crippen molar-refractivity contribution in [1.29, 1.82) is 0 Å². The van der Waals surface area contributed by atoms with Crippen molar-refractivity contribution in [2.45, 2.75) is 33.0 Å². The lowest BCUT2D eigenvalue weighted by molar-refractivity contribution is -0.160. The summed E-state index contributed by atoms with van der Waals surface area (Å²) in [5, 5.41) is 9.20. The number of hydrogen-bond acceptors (Lipinski definition) is 3. The van der Waals surface area contributed by atoms with Gasteiger partial charge in [0.15, 0.2) is 6.10 Å². The van der Waals surface area contributed by atoms with E-state index in [4.69, 9.17) is 4.74 Å². The Balaban J connectivity index is 1.92. The van der Waals surface area contributed by atoms with E-state index in [1.807, 2.05) is 18.4 Å². The van der Waals surface area contributed by atoms with Gasteiger partial charge in [-0.1, -0.05) is 0 Å². The Labute approximate surface area is 150 Å². The first-order valence-corrected chi connectivity index (χ1v) is 8.40. The van der Waals surface area contributed by atoms with Crippen LogP contribution in [0, 0.1) is 19.7 Å². The highest BCUT2D eigenvalue weighted by Crippen LogP contribution is 2.24. The summed E-state index contributed by atoms with van der Waals surface area (Å²) >= 11 is 0. The summed E-state index contributed by atoms with van der Waals surface area (Å²) < 4.78 is 20.4. The lowest BCUT2D eigenvalue weighted by Crippen LogP contribution is -2.51. The van der Waals surface area contributed by atoms with Gasteiger partial charge in [0.2, 0.25) is 0 Å². The van der Waals surface area contributed by atoms with E-state index in [2.05, 4.69) is 0 Å². The number of benzene rings is 1. The van der Waals surface area contributed by atoms with Gasteiger partial charge in [-0.25, -0.2) is 9.18 Å². The molecule has 7 heteroatoms. The number of ether oxygens (including phenoxy) is 1. The Morgan fingerprint density at radius 2 is 1.85 bits per heavy atom. The lowest BCUT2D eigenvalue weighted by Gasteiger charge is -2.35. The Morgan fingerprint density at radius 1 is 1.19 bits per heavy atom. The SMILES string of the molecule is Cc1cc(C(=O)N2CC(C(=O)O)O[C@H](C)C2)c(C)n1-c1ccc(F)cc1. The zero-order valence-corrected chi connectivity index (χ0v) is 14.9. The Morgan fingerprint density at radius 3 is 2.46 bits per heavy atom. The van der Waals surface area contributed by atoms with E-state index in [9.17, 15) is 19.1 Å². The number of carboxylic acid groups (broad SMARTS) is 1. The zero-order chi connectivity index (χ0) is 19.0. The summed E-state index contributed by atoms with van der Waals surface area (Å²) in [6, 6.07) is 7.83. The van der Waals surface area contributed by atoms with Crippen LogP contribution in [0.4, 0.5) is 4.39 Å². The van der Waals surface area contributed by atoms with Gasteiger partial charge >= 0.3 is 5.97 Å². The van der Waals surface area contributed by atoms with Gasteiger partial charge in [-0.2, -0.15) is 0 Å². The molecule has 0 radical (unpaired) electrons. The third-order valence-electron chi connectivity index (χ3n) is 4.57. The monoisotopic (exact) mass is 360 g/mol. The number of carbonyl (C=O) groups is 2. The third kappa shape index (κ3) is 3.35. The predicted octanol–water partition coefficient (Wildman–Crippen LogP) is 2.55. The lowest BCUT2D eigenvalue weighted by atomic mass is 10.1. The predicted molar refractivity (Wildman–Crippen MR) is 93.1 cm³/mol. The highest BCUT2D eigenvalue weighted by Gasteiger charge is 2.34. The molecule has 26 heavy (non-hydrogen) atoms. The minimum absolute atomic E-state index is 0.0126. The number of aryl methyl sites for hydroxylation is 1. The minimum Gasteiger partial charge on any atom is -0.479 e. The average Bonchev–Trinajstić information content (AvgIpc) is 2.89. The molecule has 1 saturated heterocycles. The second kappa shape index (κ2) is 6.92. The molecule has 1 fully saturated rings. The average molecular weight is 360 g/mol. The van der Waals surface area contributed by atoms with Crippen molar-refractivity contribution in [2.24, 2.45) is 0 Å². The number of amides is 1. The summed E-state index contributed by atoms with van der Waals surface area (Å²) in [6.45, 7) is 5.79. The third-order valence-corrected chi connectivity index (χ3v) is 4.57. The molecule has 2 aromatic rings. The minimum atomic E-state index is -1.08. The van der Waals surface area contributed by atoms with Crippen LogP contribution in [0.3, 0.4) is 0 Å². The first kappa shape index (κ1) is 18.1. The van der Waals surface area contributed by atoms with E-state index in [1.54, 1.807) is 25.1 Å². The topological polar surface area (TPSA) is 71.8 Å². The van der Waals surface area contributed by atoms with Crippen molar-refractivity contribution < 1.29 is 23.8 Å². The zero-order valence-electron chi connectivity index (χ0n) is 14.9. The Kier molecular flexibility index (Phi) is 4.82. The van der Waals surface area contributed by atoms with Crippen LogP contribution in [0.5, 0.6) is 0 Å². The quantitative estimate of drug-likeness (QED) is 0.913. The van der Waals surface area contributed by atoms with Gasteiger partial charge in [0.05, 0.1) is 18.2 Å². The highest BCUT2D eigenvalue weighted by molar-refractivity contribution is 5.96. The second-order valence-electron chi connectivity index (χ2n) is 6.58. The molecule has 1 amide bonds. The first-order valence-electron chi connectivity index (χ1n) is 8.40. The van der Waals surface area contributed by atoms with Crippen molar-refractivity contribution in [2.75, 3.05) is 13.1 Å². The summed E-state index contributed by atoms with van der Waals surface area (Å²) in [5.74, 6) is -1.63. The van der Waals surface area contributed by atoms with E-state index in [1.165, 1.54) is 17.0 Å². The van der Waals surface area contributed by atoms with Crippen molar-refractivity contribution in [1.82, 2.24) is 9.47 Å². The van der Waals surface area contributed by atoms with Gasteiger partial charge in [-0.3, -0.25) is 4.79 Å². The Hall–Kier alpha value is -2.67. The molecule has 2 atom stereocenters. The molecule has 3 rings (SSSR count). The van der Waals surface area contributed by atoms with E-state index < -0.39 is 12.1 Å². The summed E-state index contributed by atoms with van der Waals surface area (Å²) in [7, 11) is 0. The van der Waals surface area contributed by atoms with Crippen LogP contribution in [-0.4, -0.2) is 51.7 Å². The van der Waals surface area contributed by atoms with Crippen molar-refractivity contribution in [3.05, 3.63) is 53.1 Å². The standard InChI is InChI=1S/C19H21FN2O4/c1-11-8-16(13(3)22(11)15-6-4-14(20)5-7-15)18(23)21-9-12(2)26-17(10-21)19(24)25/h4-8,12,17H,9-10H2,1-3H3,(H,24,25)/t12-,17?/m1/s1. The van der Waals surface area contributed by atoms with Crippen LogP contribution in [0.15, 0.2) is 30.3 Å². The van der Waals surface area contributed by atoms with Crippen LogP contribution in [-0.2, 0) is 9.53 Å². The molecule has 1 aliphatic heterocycles. The molecule has 6 nitrogen and oxygen atoms in total. The van der Waals surface area contributed by atoms with Crippen LogP contribution in [0.1, 0.15) is 28.7 Å². The summed E-state index contributed by atoms with van der Waals surface area (Å²) in [6.07, 6.45) is -1.38. The van der Waals surface area contributed by atoms with Crippen LogP contribution in [0.2, 0.25) is 0 Å². The van der Waals surface area contributed by atoms with Gasteiger partial charge in [-0.05, 0) is 51.1 Å². The smallest absolute Gasteiger partial charge is 0.334 e. The number of aliphatic carboxylic acids is 1. The number of aromatic nitrogens is 1. The molecule has 0 saturated carbocycles. The largest absolute Gasteiger partial charge is 0.479 e. The fourth-order valence-electron chi connectivity index (χ4n) is 3.39. The number of hydrogen-bond donors (Lipinski definition) is 1. The van der Waals surface area contributed by atoms with Gasteiger partial charge in [0.25, 0.3) is 5.91 Å². The van der Waals surface area contributed by atoms with Gasteiger partial charge < -0.3 is 19.3 Å².